The summed E-state index contributed by atoms with van der Waals surface area (Å²) in [5, 5.41) is 2.74. The highest BCUT2D eigenvalue weighted by atomic mass is 19.4. The fraction of sp³-hybridized carbons (Fsp3) is 0.435. The quantitative estimate of drug-likeness (QED) is 0.322. The van der Waals surface area contributed by atoms with Gasteiger partial charge in [-0.1, -0.05) is 6.92 Å². The number of hydrogen-bond acceptors (Lipinski definition) is 8. The average Bonchev–Trinajstić information content (AvgIpc) is 2.85. The minimum atomic E-state index is -4.60. The first-order valence-electron chi connectivity index (χ1n) is 11.1. The Balaban J connectivity index is 1.89. The van der Waals surface area contributed by atoms with Crippen molar-refractivity contribution in [3.63, 3.8) is 0 Å². The molecule has 0 saturated carbocycles. The lowest BCUT2D eigenvalue weighted by Gasteiger charge is -2.43. The van der Waals surface area contributed by atoms with Crippen molar-refractivity contribution >= 4 is 23.6 Å². The monoisotopic (exact) mass is 527 g/mol. The molecular weight excluding hydrogens is 501 g/mol. The topological polar surface area (TPSA) is 119 Å². The molecule has 1 aliphatic heterocycles. The number of nitrogens with one attached hydrogen (secondary N) is 1. The maximum Gasteiger partial charge on any atom is 0.419 e. The maximum atomic E-state index is 14.5. The van der Waals surface area contributed by atoms with E-state index < -0.39 is 48.5 Å². The molecule has 3 N–H and O–H groups in total. The van der Waals surface area contributed by atoms with Crippen LogP contribution in [0.15, 0.2) is 41.4 Å². The van der Waals surface area contributed by atoms with E-state index in [-0.39, 0.29) is 29.5 Å². The summed E-state index contributed by atoms with van der Waals surface area (Å²) in [6.45, 7) is 0.552. The molecule has 2 aromatic rings. The summed E-state index contributed by atoms with van der Waals surface area (Å²) >= 11 is 0. The molecule has 0 bridgehead atoms. The molecular formula is C23H26F5N7O2. The highest BCUT2D eigenvalue weighted by Crippen LogP contribution is 2.35. The van der Waals surface area contributed by atoms with Crippen LogP contribution in [0, 0.1) is 5.92 Å². The summed E-state index contributed by atoms with van der Waals surface area (Å²) < 4.78 is 72.4. The molecule has 37 heavy (non-hydrogen) atoms. The Morgan fingerprint density at radius 2 is 1.95 bits per heavy atom. The lowest BCUT2D eigenvalue weighted by atomic mass is 9.88. The number of anilines is 1. The van der Waals surface area contributed by atoms with Gasteiger partial charge in [0, 0.05) is 44.2 Å². The smallest absolute Gasteiger partial charge is 0.419 e. The predicted octanol–water partition coefficient (Wildman–Crippen LogP) is 3.25. The van der Waals surface area contributed by atoms with Gasteiger partial charge in [0.15, 0.2) is 0 Å². The molecule has 1 fully saturated rings. The number of piperidine rings is 1. The normalized spacial score (nSPS) is 20.5. The molecule has 14 heteroatoms. The van der Waals surface area contributed by atoms with Crippen molar-refractivity contribution < 1.29 is 31.5 Å². The molecule has 3 heterocycles. The van der Waals surface area contributed by atoms with E-state index in [4.69, 9.17) is 10.5 Å². The van der Waals surface area contributed by atoms with E-state index in [1.807, 2.05) is 0 Å². The number of alkyl halides is 5. The second-order valence-electron chi connectivity index (χ2n) is 8.51. The number of pyridine rings is 1. The number of rotatable bonds is 7. The van der Waals surface area contributed by atoms with Gasteiger partial charge in [0.05, 0.1) is 37.2 Å². The third-order valence-corrected chi connectivity index (χ3v) is 5.82. The Bertz CT molecular complexity index is 1150. The summed E-state index contributed by atoms with van der Waals surface area (Å²) in [5.41, 5.74) is 5.21. The SMILES string of the molecule is CN=CC(=C(N)C(=O)N1CC(F)(F)C[C@@H](C)C1CNc1ncc(C(F)(F)F)cn1)c1ccc(OC)cn1. The minimum Gasteiger partial charge on any atom is -0.495 e. The zero-order chi connectivity index (χ0) is 27.4. The van der Waals surface area contributed by atoms with E-state index in [0.29, 0.717) is 18.1 Å². The van der Waals surface area contributed by atoms with Crippen LogP contribution >= 0.6 is 0 Å². The van der Waals surface area contributed by atoms with Crippen LogP contribution in [0.25, 0.3) is 5.57 Å². The molecule has 200 valence electrons. The number of nitrogens with two attached hydrogens (primary N) is 1. The van der Waals surface area contributed by atoms with Gasteiger partial charge in [-0.25, -0.2) is 18.7 Å². The number of methoxy groups -OCH3 is 1. The fourth-order valence-corrected chi connectivity index (χ4v) is 3.97. The van der Waals surface area contributed by atoms with E-state index in [0.717, 1.165) is 4.90 Å². The Labute approximate surface area is 209 Å². The highest BCUT2D eigenvalue weighted by molar-refractivity contribution is 6.18. The van der Waals surface area contributed by atoms with Crippen LogP contribution in [0.2, 0.25) is 0 Å². The molecule has 1 aliphatic rings. The zero-order valence-electron chi connectivity index (χ0n) is 20.3. The third-order valence-electron chi connectivity index (χ3n) is 5.82. The van der Waals surface area contributed by atoms with Crippen LogP contribution in [0.3, 0.4) is 0 Å². The molecule has 1 amide bonds. The third kappa shape index (κ3) is 6.68. The van der Waals surface area contributed by atoms with E-state index >= 15 is 0 Å². The van der Waals surface area contributed by atoms with Crippen LogP contribution in [-0.4, -0.2) is 71.2 Å². The number of likely N-dealkylation sites (tertiary alicyclic amines) is 1. The first kappa shape index (κ1) is 27.7. The Morgan fingerprint density at radius 1 is 1.27 bits per heavy atom. The first-order valence-corrected chi connectivity index (χ1v) is 11.1. The van der Waals surface area contributed by atoms with Gasteiger partial charge in [-0.3, -0.25) is 14.8 Å². The number of aliphatic imine (C=N–C) groups is 1. The van der Waals surface area contributed by atoms with Gasteiger partial charge in [-0.15, -0.1) is 0 Å². The van der Waals surface area contributed by atoms with Gasteiger partial charge >= 0.3 is 6.18 Å². The molecule has 0 spiro atoms. The molecule has 0 aromatic carbocycles. The lowest BCUT2D eigenvalue weighted by Crippen LogP contribution is -2.58. The number of ether oxygens (including phenoxy) is 1. The van der Waals surface area contributed by atoms with Crippen LogP contribution in [0.5, 0.6) is 5.75 Å². The van der Waals surface area contributed by atoms with Gasteiger partial charge in [0.1, 0.15) is 11.4 Å². The number of aromatic nitrogens is 3. The van der Waals surface area contributed by atoms with Gasteiger partial charge in [-0.2, -0.15) is 13.2 Å². The number of allylic oxidation sites excluding steroid dienone is 1. The molecule has 1 unspecified atom stereocenters. The van der Waals surface area contributed by atoms with Crippen molar-refractivity contribution in [2.75, 3.05) is 32.6 Å². The van der Waals surface area contributed by atoms with Gasteiger partial charge in [-0.05, 0) is 18.1 Å². The van der Waals surface area contributed by atoms with Crippen molar-refractivity contribution in [1.29, 1.82) is 0 Å². The van der Waals surface area contributed by atoms with Gasteiger partial charge < -0.3 is 20.7 Å². The van der Waals surface area contributed by atoms with Gasteiger partial charge in [0.2, 0.25) is 5.95 Å². The Kier molecular flexibility index (Phi) is 8.28. The number of carbonyl (C=O) groups excluding carboxylic acids is 1. The van der Waals surface area contributed by atoms with E-state index in [1.54, 1.807) is 19.1 Å². The average molecular weight is 527 g/mol. The van der Waals surface area contributed by atoms with Crippen LogP contribution in [0.1, 0.15) is 24.6 Å². The molecule has 1 saturated heterocycles. The van der Waals surface area contributed by atoms with Crippen LogP contribution < -0.4 is 15.8 Å². The van der Waals surface area contributed by atoms with Gasteiger partial charge in [0.25, 0.3) is 11.8 Å². The number of carbonyl (C=O) groups is 1. The van der Waals surface area contributed by atoms with Crippen molar-refractivity contribution in [2.45, 2.75) is 31.5 Å². The van der Waals surface area contributed by atoms with Crippen molar-refractivity contribution in [3.8, 4) is 5.75 Å². The summed E-state index contributed by atoms with van der Waals surface area (Å²) in [4.78, 5) is 29.7. The molecule has 0 radical (unpaired) electrons. The summed E-state index contributed by atoms with van der Waals surface area (Å²) in [5.74, 6) is -4.41. The van der Waals surface area contributed by atoms with E-state index in [1.165, 1.54) is 26.6 Å². The summed E-state index contributed by atoms with van der Waals surface area (Å²) in [6, 6.07) is 2.35. The fourth-order valence-electron chi connectivity index (χ4n) is 3.97. The predicted molar refractivity (Wildman–Crippen MR) is 126 cm³/mol. The van der Waals surface area contributed by atoms with Crippen LogP contribution in [0.4, 0.5) is 27.9 Å². The number of hydrogen-bond donors (Lipinski definition) is 2. The molecule has 2 atom stereocenters. The van der Waals surface area contributed by atoms with Crippen LogP contribution in [-0.2, 0) is 11.0 Å². The summed E-state index contributed by atoms with van der Waals surface area (Å²) in [7, 11) is 2.91. The second kappa shape index (κ2) is 11.0. The minimum absolute atomic E-state index is 0.0976. The van der Waals surface area contributed by atoms with Crippen molar-refractivity contribution in [3.05, 3.63) is 47.7 Å². The largest absolute Gasteiger partial charge is 0.495 e. The number of halogens is 5. The Hall–Kier alpha value is -3.84. The molecule has 3 rings (SSSR count). The van der Waals surface area contributed by atoms with E-state index in [2.05, 4.69) is 25.3 Å². The number of nitrogens with zero attached hydrogens (tertiary/aromatic N) is 5. The molecule has 9 nitrogen and oxygen atoms in total. The maximum absolute atomic E-state index is 14.5. The molecule has 2 aromatic heterocycles. The second-order valence-corrected chi connectivity index (χ2v) is 8.51. The zero-order valence-corrected chi connectivity index (χ0v) is 20.3. The first-order chi connectivity index (χ1) is 17.4. The standard InChI is InChI=1S/C23H26F5N7O2/c1-13-6-22(24,25)12-35(18(13)11-34-21-32-7-14(8-33-21)23(26,27)28)20(36)19(29)16(10-30-2)17-5-4-15(37-3)9-31-17/h4-5,7-10,13,18H,6,11-12,29H2,1-3H3,(H,32,33,34)/t13-,18?/m1/s1. The molecule has 0 aliphatic carbocycles. The van der Waals surface area contributed by atoms with Crippen molar-refractivity contribution in [1.82, 2.24) is 19.9 Å². The highest BCUT2D eigenvalue weighted by Gasteiger charge is 2.46. The van der Waals surface area contributed by atoms with Crippen molar-refractivity contribution in [2.24, 2.45) is 16.6 Å². The number of amides is 1. The van der Waals surface area contributed by atoms with E-state index in [9.17, 15) is 26.7 Å². The lowest BCUT2D eigenvalue weighted by molar-refractivity contribution is -0.148. The summed E-state index contributed by atoms with van der Waals surface area (Å²) in [6.07, 6.45) is -1.18. The Morgan fingerprint density at radius 3 is 2.49 bits per heavy atom.